The van der Waals surface area contributed by atoms with Crippen LogP contribution >= 0.6 is 0 Å². The van der Waals surface area contributed by atoms with E-state index < -0.39 is 0 Å². The van der Waals surface area contributed by atoms with Crippen LogP contribution in [0.25, 0.3) is 0 Å². The third-order valence-corrected chi connectivity index (χ3v) is 3.21. The van der Waals surface area contributed by atoms with Crippen molar-refractivity contribution in [2.24, 2.45) is 0 Å². The second-order valence-electron chi connectivity index (χ2n) is 4.67. The largest absolute Gasteiger partial charge is 0.385 e. The average molecular weight is 242 g/mol. The van der Waals surface area contributed by atoms with Gasteiger partial charge < -0.3 is 10.6 Å². The van der Waals surface area contributed by atoms with E-state index in [0.717, 1.165) is 24.2 Å². The fourth-order valence-electron chi connectivity index (χ4n) is 2.31. The van der Waals surface area contributed by atoms with Gasteiger partial charge in [-0.25, -0.2) is 0 Å². The number of carbonyl (C=O) groups excluding carboxylic acids is 1. The highest BCUT2D eigenvalue weighted by Gasteiger charge is 2.26. The van der Waals surface area contributed by atoms with Crippen molar-refractivity contribution in [3.8, 4) is 12.3 Å². The third kappa shape index (κ3) is 2.65. The number of hydrogen-bond acceptors (Lipinski definition) is 2. The normalized spacial score (nSPS) is 19.0. The summed E-state index contributed by atoms with van der Waals surface area (Å²) in [6.45, 7) is 2.77. The zero-order chi connectivity index (χ0) is 13.0. The number of amides is 1. The molecule has 3 nitrogen and oxygen atoms in total. The maximum absolute atomic E-state index is 12.2. The van der Waals surface area contributed by atoms with E-state index in [1.807, 2.05) is 31.2 Å². The maximum Gasteiger partial charge on any atom is 0.227 e. The Balaban J connectivity index is 2.11. The molecule has 0 fully saturated rings. The average Bonchev–Trinajstić information content (AvgIpc) is 2.38. The molecule has 1 heterocycles. The lowest BCUT2D eigenvalue weighted by Crippen LogP contribution is -2.38. The molecule has 0 bridgehead atoms. The Hall–Kier alpha value is -1.95. The van der Waals surface area contributed by atoms with E-state index in [0.29, 0.717) is 6.42 Å². The first kappa shape index (κ1) is 12.5. The van der Waals surface area contributed by atoms with E-state index >= 15 is 0 Å². The summed E-state index contributed by atoms with van der Waals surface area (Å²) in [6, 6.07) is 8.01. The molecule has 1 aliphatic heterocycles. The van der Waals surface area contributed by atoms with Crippen LogP contribution in [0.3, 0.4) is 0 Å². The van der Waals surface area contributed by atoms with Crippen LogP contribution in [0.4, 0.5) is 5.69 Å². The van der Waals surface area contributed by atoms with Crippen LogP contribution < -0.4 is 10.6 Å². The van der Waals surface area contributed by atoms with E-state index in [-0.39, 0.29) is 17.9 Å². The van der Waals surface area contributed by atoms with Crippen molar-refractivity contribution >= 4 is 11.6 Å². The lowest BCUT2D eigenvalue weighted by molar-refractivity contribution is -0.123. The molecule has 0 spiro atoms. The van der Waals surface area contributed by atoms with Crippen molar-refractivity contribution < 1.29 is 4.79 Å². The quantitative estimate of drug-likeness (QED) is 0.797. The molecular weight excluding hydrogens is 224 g/mol. The Morgan fingerprint density at radius 3 is 3.17 bits per heavy atom. The molecule has 0 radical (unpaired) electrons. The maximum atomic E-state index is 12.2. The molecule has 2 atom stereocenters. The summed E-state index contributed by atoms with van der Waals surface area (Å²) in [4.78, 5) is 12.2. The molecule has 94 valence electrons. The monoisotopic (exact) mass is 242 g/mol. The second-order valence-corrected chi connectivity index (χ2v) is 4.67. The van der Waals surface area contributed by atoms with Gasteiger partial charge in [-0.15, -0.1) is 12.3 Å². The van der Waals surface area contributed by atoms with E-state index in [1.165, 1.54) is 0 Å². The molecular formula is C15H18N2O. The zero-order valence-corrected chi connectivity index (χ0v) is 10.6. The van der Waals surface area contributed by atoms with Crippen LogP contribution in [0, 0.1) is 12.3 Å². The number of carbonyl (C=O) groups is 1. The van der Waals surface area contributed by atoms with E-state index in [9.17, 15) is 4.79 Å². The Morgan fingerprint density at radius 2 is 2.39 bits per heavy atom. The highest BCUT2D eigenvalue weighted by Crippen LogP contribution is 2.31. The molecule has 18 heavy (non-hydrogen) atoms. The van der Waals surface area contributed by atoms with E-state index in [1.54, 1.807) is 0 Å². The van der Waals surface area contributed by atoms with Gasteiger partial charge in [0, 0.05) is 24.7 Å². The fourth-order valence-corrected chi connectivity index (χ4v) is 2.31. The number of terminal acetylenes is 1. The van der Waals surface area contributed by atoms with Gasteiger partial charge in [-0.2, -0.15) is 0 Å². The van der Waals surface area contributed by atoms with Gasteiger partial charge in [0.25, 0.3) is 0 Å². The standard InChI is InChI=1S/C15H18N2O/c1-3-6-11(2)17-15(18)13-9-10-16-14-8-5-4-7-12(13)14/h1,4-5,7-8,11,13,16H,6,9-10H2,2H3,(H,17,18). The number of nitrogens with one attached hydrogen (secondary N) is 2. The number of para-hydroxylation sites is 1. The topological polar surface area (TPSA) is 41.1 Å². The van der Waals surface area contributed by atoms with E-state index in [4.69, 9.17) is 6.42 Å². The van der Waals surface area contributed by atoms with E-state index in [2.05, 4.69) is 16.6 Å². The minimum atomic E-state index is -0.0670. The molecule has 0 saturated heterocycles. The lowest BCUT2D eigenvalue weighted by Gasteiger charge is -2.26. The van der Waals surface area contributed by atoms with Gasteiger partial charge in [-0.3, -0.25) is 4.79 Å². The van der Waals surface area contributed by atoms with Crippen molar-refractivity contribution in [3.05, 3.63) is 29.8 Å². The molecule has 2 unspecified atom stereocenters. The molecule has 0 aromatic heterocycles. The predicted molar refractivity (Wildman–Crippen MR) is 73.3 cm³/mol. The van der Waals surface area contributed by atoms with Gasteiger partial charge in [-0.1, -0.05) is 18.2 Å². The Bertz CT molecular complexity index is 476. The van der Waals surface area contributed by atoms with Crippen molar-refractivity contribution in [1.29, 1.82) is 0 Å². The van der Waals surface area contributed by atoms with Gasteiger partial charge >= 0.3 is 0 Å². The molecule has 2 N–H and O–H groups in total. The minimum Gasteiger partial charge on any atom is -0.385 e. The Labute approximate surface area is 108 Å². The van der Waals surface area contributed by atoms with Crippen molar-refractivity contribution in [2.75, 3.05) is 11.9 Å². The van der Waals surface area contributed by atoms with Gasteiger partial charge in [0.15, 0.2) is 0 Å². The van der Waals surface area contributed by atoms with Crippen LogP contribution in [0.2, 0.25) is 0 Å². The van der Waals surface area contributed by atoms with Crippen LogP contribution in [-0.2, 0) is 4.79 Å². The molecule has 3 heteroatoms. The van der Waals surface area contributed by atoms with Crippen LogP contribution in [0.15, 0.2) is 24.3 Å². The number of rotatable bonds is 3. The number of anilines is 1. The Kier molecular flexibility index (Phi) is 3.88. The molecule has 0 saturated carbocycles. The molecule has 1 amide bonds. The van der Waals surface area contributed by atoms with Crippen molar-refractivity contribution in [2.45, 2.75) is 31.7 Å². The minimum absolute atomic E-state index is 0.0320. The molecule has 1 aliphatic rings. The first-order valence-corrected chi connectivity index (χ1v) is 6.29. The third-order valence-electron chi connectivity index (χ3n) is 3.21. The van der Waals surface area contributed by atoms with Gasteiger partial charge in [0.05, 0.1) is 5.92 Å². The van der Waals surface area contributed by atoms with Crippen LogP contribution in [0.1, 0.15) is 31.2 Å². The molecule has 0 aliphatic carbocycles. The highest BCUT2D eigenvalue weighted by atomic mass is 16.1. The summed E-state index contributed by atoms with van der Waals surface area (Å²) in [6.07, 6.45) is 6.64. The summed E-state index contributed by atoms with van der Waals surface area (Å²) in [7, 11) is 0. The fraction of sp³-hybridized carbons (Fsp3) is 0.400. The first-order valence-electron chi connectivity index (χ1n) is 6.29. The predicted octanol–water partition coefficient (Wildman–Crippen LogP) is 2.11. The van der Waals surface area contributed by atoms with Crippen molar-refractivity contribution in [3.63, 3.8) is 0 Å². The number of benzene rings is 1. The molecule has 1 aromatic rings. The Morgan fingerprint density at radius 1 is 1.61 bits per heavy atom. The van der Waals surface area contributed by atoms with Crippen molar-refractivity contribution in [1.82, 2.24) is 5.32 Å². The smallest absolute Gasteiger partial charge is 0.227 e. The SMILES string of the molecule is C#CCC(C)NC(=O)C1CCNc2ccccc21. The zero-order valence-electron chi connectivity index (χ0n) is 10.6. The lowest BCUT2D eigenvalue weighted by atomic mass is 9.90. The summed E-state index contributed by atoms with van der Waals surface area (Å²) in [5.74, 6) is 2.58. The molecule has 1 aromatic carbocycles. The number of fused-ring (bicyclic) bond motifs is 1. The highest BCUT2D eigenvalue weighted by molar-refractivity contribution is 5.86. The summed E-state index contributed by atoms with van der Waals surface area (Å²) >= 11 is 0. The summed E-state index contributed by atoms with van der Waals surface area (Å²) in [5, 5.41) is 6.30. The van der Waals surface area contributed by atoms with Crippen LogP contribution in [-0.4, -0.2) is 18.5 Å². The van der Waals surface area contributed by atoms with Crippen LogP contribution in [0.5, 0.6) is 0 Å². The first-order chi connectivity index (χ1) is 8.72. The summed E-state index contributed by atoms with van der Waals surface area (Å²) in [5.41, 5.74) is 2.14. The second kappa shape index (κ2) is 5.59. The number of hydrogen-bond donors (Lipinski definition) is 2. The molecule has 2 rings (SSSR count). The van der Waals surface area contributed by atoms with Gasteiger partial charge in [0.2, 0.25) is 5.91 Å². The van der Waals surface area contributed by atoms with Gasteiger partial charge in [0.1, 0.15) is 0 Å². The van der Waals surface area contributed by atoms with Gasteiger partial charge in [-0.05, 0) is 25.0 Å². The summed E-state index contributed by atoms with van der Waals surface area (Å²) < 4.78 is 0.